The maximum absolute atomic E-state index is 12.7. The molecule has 1 atom stereocenters. The van der Waals surface area contributed by atoms with Crippen LogP contribution in [0.2, 0.25) is 0 Å². The van der Waals surface area contributed by atoms with E-state index in [0.29, 0.717) is 19.5 Å². The molecule has 0 spiro atoms. The van der Waals surface area contributed by atoms with Gasteiger partial charge in [0.15, 0.2) is 0 Å². The number of amides is 2. The van der Waals surface area contributed by atoms with Gasteiger partial charge in [0.1, 0.15) is 0 Å². The quantitative estimate of drug-likeness (QED) is 0.931. The number of urea groups is 1. The van der Waals surface area contributed by atoms with E-state index in [1.807, 2.05) is 39.0 Å². The van der Waals surface area contributed by atoms with Gasteiger partial charge in [0.05, 0.1) is 5.92 Å². The van der Waals surface area contributed by atoms with Crippen molar-refractivity contribution in [1.29, 1.82) is 0 Å². The Labute approximate surface area is 125 Å². The van der Waals surface area contributed by atoms with Gasteiger partial charge >= 0.3 is 12.0 Å². The van der Waals surface area contributed by atoms with Gasteiger partial charge in [-0.25, -0.2) is 4.79 Å². The summed E-state index contributed by atoms with van der Waals surface area (Å²) in [5.74, 6) is -1.36. The summed E-state index contributed by atoms with van der Waals surface area (Å²) < 4.78 is 0. The van der Waals surface area contributed by atoms with Gasteiger partial charge in [-0.3, -0.25) is 9.69 Å². The fraction of sp³-hybridized carbons (Fsp3) is 0.500. The molecular weight excluding hydrogens is 268 g/mol. The molecule has 1 N–H and O–H groups in total. The molecule has 0 aliphatic carbocycles. The monoisotopic (exact) mass is 290 g/mol. The van der Waals surface area contributed by atoms with Crippen molar-refractivity contribution in [2.24, 2.45) is 0 Å². The molecule has 1 unspecified atom stereocenters. The largest absolute Gasteiger partial charge is 0.481 e. The van der Waals surface area contributed by atoms with E-state index < -0.39 is 11.9 Å². The zero-order valence-corrected chi connectivity index (χ0v) is 12.7. The third-order valence-corrected chi connectivity index (χ3v) is 3.98. The summed E-state index contributed by atoms with van der Waals surface area (Å²) in [6.07, 6.45) is 0.452. The highest BCUT2D eigenvalue weighted by Gasteiger charge is 2.34. The van der Waals surface area contributed by atoms with Crippen LogP contribution in [0.25, 0.3) is 0 Å². The minimum atomic E-state index is -0.828. The lowest BCUT2D eigenvalue weighted by Crippen LogP contribution is -2.49. The molecule has 1 aliphatic rings. The number of benzene rings is 1. The number of para-hydroxylation sites is 1. The third-order valence-electron chi connectivity index (χ3n) is 3.98. The van der Waals surface area contributed by atoms with Gasteiger partial charge in [0.25, 0.3) is 0 Å². The summed E-state index contributed by atoms with van der Waals surface area (Å²) in [4.78, 5) is 27.6. The van der Waals surface area contributed by atoms with E-state index in [1.54, 1.807) is 15.9 Å². The Morgan fingerprint density at radius 3 is 2.62 bits per heavy atom. The first-order valence-corrected chi connectivity index (χ1v) is 7.37. The van der Waals surface area contributed by atoms with E-state index in [9.17, 15) is 14.7 Å². The van der Waals surface area contributed by atoms with Crippen molar-refractivity contribution in [1.82, 2.24) is 4.90 Å². The number of carboxylic acid groups (broad SMARTS) is 1. The van der Waals surface area contributed by atoms with Crippen molar-refractivity contribution in [3.63, 3.8) is 0 Å². The Morgan fingerprint density at radius 1 is 1.38 bits per heavy atom. The van der Waals surface area contributed by atoms with Gasteiger partial charge < -0.3 is 10.0 Å². The fourth-order valence-corrected chi connectivity index (χ4v) is 2.89. The average Bonchev–Trinajstić information content (AvgIpc) is 2.46. The Morgan fingerprint density at radius 2 is 2.05 bits per heavy atom. The average molecular weight is 290 g/mol. The minimum absolute atomic E-state index is 0.0520. The molecule has 21 heavy (non-hydrogen) atoms. The number of carbonyl (C=O) groups excluding carboxylic acids is 1. The third kappa shape index (κ3) is 2.86. The molecule has 0 saturated heterocycles. The van der Waals surface area contributed by atoms with Crippen molar-refractivity contribution in [2.45, 2.75) is 39.2 Å². The standard InChI is InChI=1S/C16H22N2O3/c1-4-17(11(2)3)16(21)18-10-9-13(15(19)20)12-7-5-6-8-14(12)18/h5-8,11,13H,4,9-10H2,1-3H3,(H,19,20). The first-order chi connectivity index (χ1) is 9.97. The molecule has 1 aliphatic heterocycles. The lowest BCUT2D eigenvalue weighted by atomic mass is 9.90. The van der Waals surface area contributed by atoms with E-state index in [0.717, 1.165) is 11.3 Å². The molecule has 0 bridgehead atoms. The zero-order chi connectivity index (χ0) is 15.6. The normalized spacial score (nSPS) is 17.5. The first kappa shape index (κ1) is 15.4. The Bertz CT molecular complexity index is 542. The molecule has 1 aromatic carbocycles. The van der Waals surface area contributed by atoms with Gasteiger partial charge in [-0.1, -0.05) is 18.2 Å². The van der Waals surface area contributed by atoms with E-state index >= 15 is 0 Å². The summed E-state index contributed by atoms with van der Waals surface area (Å²) in [7, 11) is 0. The van der Waals surface area contributed by atoms with Gasteiger partial charge in [-0.05, 0) is 38.8 Å². The smallest absolute Gasteiger partial charge is 0.324 e. The molecule has 114 valence electrons. The summed E-state index contributed by atoms with van der Waals surface area (Å²) >= 11 is 0. The molecule has 1 aromatic rings. The Hall–Kier alpha value is -2.04. The molecule has 0 saturated carbocycles. The predicted octanol–water partition coefficient (Wildman–Crippen LogP) is 2.92. The second-order valence-electron chi connectivity index (χ2n) is 5.55. The number of fused-ring (bicyclic) bond motifs is 1. The zero-order valence-electron chi connectivity index (χ0n) is 12.7. The first-order valence-electron chi connectivity index (χ1n) is 7.37. The van der Waals surface area contributed by atoms with Crippen LogP contribution in [-0.4, -0.2) is 41.1 Å². The van der Waals surface area contributed by atoms with Crippen LogP contribution in [-0.2, 0) is 4.79 Å². The maximum Gasteiger partial charge on any atom is 0.324 e. The van der Waals surface area contributed by atoms with Gasteiger partial charge in [-0.15, -0.1) is 0 Å². The van der Waals surface area contributed by atoms with Crippen molar-refractivity contribution in [3.8, 4) is 0 Å². The molecule has 5 heteroatoms. The van der Waals surface area contributed by atoms with E-state index in [-0.39, 0.29) is 12.1 Å². The number of anilines is 1. The number of hydrogen-bond donors (Lipinski definition) is 1. The SMILES string of the molecule is CCN(C(=O)N1CCC(C(=O)O)c2ccccc21)C(C)C. The fourth-order valence-electron chi connectivity index (χ4n) is 2.89. The number of nitrogens with zero attached hydrogens (tertiary/aromatic N) is 2. The van der Waals surface area contributed by atoms with Gasteiger partial charge in [0, 0.05) is 24.8 Å². The molecular formula is C16H22N2O3. The van der Waals surface area contributed by atoms with E-state index in [4.69, 9.17) is 0 Å². The summed E-state index contributed by atoms with van der Waals surface area (Å²) in [5, 5.41) is 9.34. The van der Waals surface area contributed by atoms with Crippen molar-refractivity contribution >= 4 is 17.7 Å². The second kappa shape index (κ2) is 6.16. The number of aliphatic carboxylic acids is 1. The van der Waals surface area contributed by atoms with Gasteiger partial charge in [-0.2, -0.15) is 0 Å². The van der Waals surface area contributed by atoms with Crippen LogP contribution < -0.4 is 4.90 Å². The highest BCUT2D eigenvalue weighted by Crippen LogP contribution is 2.35. The Kier molecular flexibility index (Phi) is 4.50. The highest BCUT2D eigenvalue weighted by atomic mass is 16.4. The molecule has 1 heterocycles. The Balaban J connectivity index is 2.37. The maximum atomic E-state index is 12.7. The van der Waals surface area contributed by atoms with Crippen LogP contribution in [0.3, 0.4) is 0 Å². The van der Waals surface area contributed by atoms with Crippen LogP contribution in [0.15, 0.2) is 24.3 Å². The van der Waals surface area contributed by atoms with Crippen LogP contribution in [0, 0.1) is 0 Å². The molecule has 0 fully saturated rings. The van der Waals surface area contributed by atoms with Crippen LogP contribution in [0.1, 0.15) is 38.7 Å². The lowest BCUT2D eigenvalue weighted by molar-refractivity contribution is -0.139. The van der Waals surface area contributed by atoms with Crippen LogP contribution in [0.4, 0.5) is 10.5 Å². The topological polar surface area (TPSA) is 60.9 Å². The molecule has 2 amide bonds. The van der Waals surface area contributed by atoms with E-state index in [2.05, 4.69) is 0 Å². The van der Waals surface area contributed by atoms with Crippen molar-refractivity contribution in [2.75, 3.05) is 18.0 Å². The van der Waals surface area contributed by atoms with E-state index in [1.165, 1.54) is 0 Å². The highest BCUT2D eigenvalue weighted by molar-refractivity contribution is 5.95. The number of rotatable bonds is 3. The number of carboxylic acids is 1. The summed E-state index contributed by atoms with van der Waals surface area (Å²) in [5.41, 5.74) is 1.45. The van der Waals surface area contributed by atoms with Crippen molar-refractivity contribution < 1.29 is 14.7 Å². The second-order valence-corrected chi connectivity index (χ2v) is 5.55. The molecule has 0 radical (unpaired) electrons. The van der Waals surface area contributed by atoms with Gasteiger partial charge in [0.2, 0.25) is 0 Å². The minimum Gasteiger partial charge on any atom is -0.481 e. The van der Waals surface area contributed by atoms with Crippen LogP contribution in [0.5, 0.6) is 0 Å². The number of carbonyl (C=O) groups is 2. The molecule has 5 nitrogen and oxygen atoms in total. The molecule has 0 aromatic heterocycles. The summed E-state index contributed by atoms with van der Waals surface area (Å²) in [6, 6.07) is 7.36. The molecule has 2 rings (SSSR count). The van der Waals surface area contributed by atoms with Crippen LogP contribution >= 0.6 is 0 Å². The van der Waals surface area contributed by atoms with Crippen molar-refractivity contribution in [3.05, 3.63) is 29.8 Å². The summed E-state index contributed by atoms with van der Waals surface area (Å²) in [6.45, 7) is 7.00. The predicted molar refractivity (Wildman–Crippen MR) is 81.7 cm³/mol. The lowest BCUT2D eigenvalue weighted by Gasteiger charge is -2.37. The number of hydrogen-bond acceptors (Lipinski definition) is 2.